The van der Waals surface area contributed by atoms with Crippen LogP contribution in [0.2, 0.25) is 0 Å². The van der Waals surface area contributed by atoms with E-state index in [2.05, 4.69) is 17.6 Å². The van der Waals surface area contributed by atoms with E-state index in [0.717, 1.165) is 25.3 Å². The van der Waals surface area contributed by atoms with Gasteiger partial charge in [-0.25, -0.2) is 4.39 Å². The van der Waals surface area contributed by atoms with Crippen molar-refractivity contribution in [3.05, 3.63) is 33.6 Å². The monoisotopic (exact) mass is 295 g/mol. The van der Waals surface area contributed by atoms with Crippen molar-refractivity contribution in [3.8, 4) is 0 Å². The van der Waals surface area contributed by atoms with E-state index in [9.17, 15) is 19.3 Å². The van der Waals surface area contributed by atoms with E-state index in [1.54, 1.807) is 0 Å². The van der Waals surface area contributed by atoms with E-state index in [1.807, 2.05) is 0 Å². The van der Waals surface area contributed by atoms with Gasteiger partial charge in [0.25, 0.3) is 11.6 Å². The van der Waals surface area contributed by atoms with Gasteiger partial charge in [0, 0.05) is 13.1 Å². The maximum absolute atomic E-state index is 13.6. The Morgan fingerprint density at radius 2 is 2.14 bits per heavy atom. The van der Waals surface area contributed by atoms with Crippen LogP contribution in [0.15, 0.2) is 12.1 Å². The molecule has 2 N–H and O–H groups in total. The van der Waals surface area contributed by atoms with Crippen LogP contribution < -0.4 is 10.6 Å². The molecular formula is C14H18FN3O3. The molecule has 21 heavy (non-hydrogen) atoms. The van der Waals surface area contributed by atoms with Crippen molar-refractivity contribution >= 4 is 17.3 Å². The summed E-state index contributed by atoms with van der Waals surface area (Å²) in [6, 6.07) is 1.98. The second-order valence-electron chi connectivity index (χ2n) is 5.44. The molecule has 0 saturated heterocycles. The summed E-state index contributed by atoms with van der Waals surface area (Å²) in [5.74, 6) is -0.751. The van der Waals surface area contributed by atoms with Gasteiger partial charge >= 0.3 is 0 Å². The zero-order valence-electron chi connectivity index (χ0n) is 12.0. The van der Waals surface area contributed by atoms with Gasteiger partial charge in [-0.1, -0.05) is 6.92 Å². The molecule has 6 nitrogen and oxygen atoms in total. The minimum absolute atomic E-state index is 0.0233. The number of carbonyl (C=O) groups excluding carboxylic acids is 1. The van der Waals surface area contributed by atoms with Gasteiger partial charge in [0.05, 0.1) is 16.7 Å². The van der Waals surface area contributed by atoms with E-state index in [4.69, 9.17) is 0 Å². The average Bonchev–Trinajstić information content (AvgIpc) is 2.83. The summed E-state index contributed by atoms with van der Waals surface area (Å²) in [6.45, 7) is 2.10. The van der Waals surface area contributed by atoms with E-state index in [1.165, 1.54) is 13.1 Å². The molecule has 1 amide bonds. The second-order valence-corrected chi connectivity index (χ2v) is 5.44. The van der Waals surface area contributed by atoms with Crippen LogP contribution in [0.3, 0.4) is 0 Å². The van der Waals surface area contributed by atoms with Gasteiger partial charge < -0.3 is 10.6 Å². The summed E-state index contributed by atoms with van der Waals surface area (Å²) in [4.78, 5) is 22.5. The van der Waals surface area contributed by atoms with Crippen LogP contribution >= 0.6 is 0 Å². The fraction of sp³-hybridized carbons (Fsp3) is 0.500. The first-order chi connectivity index (χ1) is 9.92. The van der Waals surface area contributed by atoms with Crippen LogP contribution in [0.4, 0.5) is 15.8 Å². The van der Waals surface area contributed by atoms with E-state index < -0.39 is 22.3 Å². The molecule has 1 fully saturated rings. The van der Waals surface area contributed by atoms with Gasteiger partial charge in [-0.15, -0.1) is 0 Å². The first-order valence-corrected chi connectivity index (χ1v) is 6.89. The van der Waals surface area contributed by atoms with Crippen molar-refractivity contribution in [1.82, 2.24) is 5.32 Å². The molecule has 0 heterocycles. The topological polar surface area (TPSA) is 84.3 Å². The Bertz CT molecular complexity index is 577. The lowest BCUT2D eigenvalue weighted by molar-refractivity contribution is -0.385. The molecule has 2 atom stereocenters. The maximum Gasteiger partial charge on any atom is 0.285 e. The molecule has 2 unspecified atom stereocenters. The molecule has 2 rings (SSSR count). The fourth-order valence-electron chi connectivity index (χ4n) is 2.69. The van der Waals surface area contributed by atoms with Crippen molar-refractivity contribution in [3.63, 3.8) is 0 Å². The molecular weight excluding hydrogens is 277 g/mol. The third-order valence-electron chi connectivity index (χ3n) is 3.83. The molecule has 1 aliphatic carbocycles. The number of nitro groups is 1. The standard InChI is InChI=1S/C14H18FN3O3/c1-8-3-4-9(5-8)17-14(19)10-6-12(16-2)11(15)7-13(10)18(20)21/h6-9,16H,3-5H2,1-2H3,(H,17,19). The number of rotatable bonds is 4. The Morgan fingerprint density at radius 1 is 1.43 bits per heavy atom. The van der Waals surface area contributed by atoms with E-state index in [0.29, 0.717) is 5.92 Å². The Kier molecular flexibility index (Phi) is 4.40. The molecule has 1 aromatic carbocycles. The summed E-state index contributed by atoms with van der Waals surface area (Å²) < 4.78 is 13.6. The number of nitro benzene ring substituents is 1. The largest absolute Gasteiger partial charge is 0.386 e. The minimum atomic E-state index is -0.754. The molecule has 0 spiro atoms. The van der Waals surface area contributed by atoms with Crippen LogP contribution in [-0.4, -0.2) is 23.9 Å². The summed E-state index contributed by atoms with van der Waals surface area (Å²) in [5, 5.41) is 16.4. The normalized spacial score (nSPS) is 21.1. The van der Waals surface area contributed by atoms with Gasteiger partial charge in [-0.3, -0.25) is 14.9 Å². The van der Waals surface area contributed by atoms with Gasteiger partial charge in [0.15, 0.2) is 5.82 Å². The SMILES string of the molecule is CNc1cc(C(=O)NC2CCC(C)C2)c([N+](=O)[O-])cc1F. The zero-order valence-corrected chi connectivity index (χ0v) is 12.0. The Balaban J connectivity index is 2.28. The summed E-state index contributed by atoms with van der Waals surface area (Å²) >= 11 is 0. The van der Waals surface area contributed by atoms with E-state index in [-0.39, 0.29) is 17.3 Å². The molecule has 0 aliphatic heterocycles. The summed E-state index contributed by atoms with van der Waals surface area (Å²) in [5.41, 5.74) is -0.578. The van der Waals surface area contributed by atoms with Crippen molar-refractivity contribution in [1.29, 1.82) is 0 Å². The number of nitrogens with zero attached hydrogens (tertiary/aromatic N) is 1. The van der Waals surface area contributed by atoms with Crippen molar-refractivity contribution in [2.24, 2.45) is 5.92 Å². The molecule has 7 heteroatoms. The molecule has 1 aromatic rings. The summed E-state index contributed by atoms with van der Waals surface area (Å²) in [7, 11) is 1.49. The van der Waals surface area contributed by atoms with Crippen LogP contribution in [0.25, 0.3) is 0 Å². The lowest BCUT2D eigenvalue weighted by Gasteiger charge is -2.13. The third-order valence-corrected chi connectivity index (χ3v) is 3.83. The number of halogens is 1. The van der Waals surface area contributed by atoms with Gasteiger partial charge in [-0.2, -0.15) is 0 Å². The molecule has 1 aliphatic rings. The smallest absolute Gasteiger partial charge is 0.285 e. The lowest BCUT2D eigenvalue weighted by atomic mass is 10.1. The predicted octanol–water partition coefficient (Wildman–Crippen LogP) is 2.69. The number of nitrogens with one attached hydrogen (secondary N) is 2. The first kappa shape index (κ1) is 15.2. The van der Waals surface area contributed by atoms with Crippen molar-refractivity contribution in [2.45, 2.75) is 32.2 Å². The molecule has 0 bridgehead atoms. The molecule has 0 aromatic heterocycles. The third kappa shape index (κ3) is 3.29. The second kappa shape index (κ2) is 6.07. The van der Waals surface area contributed by atoms with Crippen LogP contribution in [-0.2, 0) is 0 Å². The number of amides is 1. The highest BCUT2D eigenvalue weighted by Crippen LogP contribution is 2.28. The highest BCUT2D eigenvalue weighted by atomic mass is 19.1. The first-order valence-electron chi connectivity index (χ1n) is 6.89. The Labute approximate surface area is 121 Å². The van der Waals surface area contributed by atoms with Crippen LogP contribution in [0.5, 0.6) is 0 Å². The van der Waals surface area contributed by atoms with Crippen molar-refractivity contribution < 1.29 is 14.1 Å². The van der Waals surface area contributed by atoms with Crippen LogP contribution in [0.1, 0.15) is 36.5 Å². The number of hydrogen-bond donors (Lipinski definition) is 2. The van der Waals surface area contributed by atoms with Crippen LogP contribution in [0, 0.1) is 21.8 Å². The average molecular weight is 295 g/mol. The van der Waals surface area contributed by atoms with Gasteiger partial charge in [0.2, 0.25) is 0 Å². The molecule has 1 saturated carbocycles. The zero-order chi connectivity index (χ0) is 15.6. The molecule has 0 radical (unpaired) electrons. The minimum Gasteiger partial charge on any atom is -0.386 e. The highest BCUT2D eigenvalue weighted by Gasteiger charge is 2.27. The van der Waals surface area contributed by atoms with Gasteiger partial charge in [0.1, 0.15) is 5.56 Å². The van der Waals surface area contributed by atoms with E-state index >= 15 is 0 Å². The fourth-order valence-corrected chi connectivity index (χ4v) is 2.69. The Morgan fingerprint density at radius 3 is 2.67 bits per heavy atom. The number of carbonyl (C=O) groups is 1. The lowest BCUT2D eigenvalue weighted by Crippen LogP contribution is -2.33. The number of benzene rings is 1. The summed E-state index contributed by atoms with van der Waals surface area (Å²) in [6.07, 6.45) is 2.75. The maximum atomic E-state index is 13.6. The quantitative estimate of drug-likeness (QED) is 0.660. The Hall–Kier alpha value is -2.18. The van der Waals surface area contributed by atoms with Gasteiger partial charge in [-0.05, 0) is 31.2 Å². The van der Waals surface area contributed by atoms with Crippen molar-refractivity contribution in [2.75, 3.05) is 12.4 Å². The number of hydrogen-bond acceptors (Lipinski definition) is 4. The molecule has 114 valence electrons. The predicted molar refractivity (Wildman–Crippen MR) is 76.9 cm³/mol. The highest BCUT2D eigenvalue weighted by molar-refractivity contribution is 5.99. The number of anilines is 1.